The first-order valence-electron chi connectivity index (χ1n) is 6.73. The second kappa shape index (κ2) is 4.88. The number of hydrogen-bond donors (Lipinski definition) is 1. The fourth-order valence-electron chi connectivity index (χ4n) is 2.45. The zero-order chi connectivity index (χ0) is 12.5. The van der Waals surface area contributed by atoms with Crippen LogP contribution >= 0.6 is 11.3 Å². The maximum atomic E-state index is 12.1. The number of rotatable bonds is 2. The highest BCUT2D eigenvalue weighted by Gasteiger charge is 2.27. The average molecular weight is 265 g/mol. The smallest absolute Gasteiger partial charge is 0.323 e. The van der Waals surface area contributed by atoms with Crippen molar-refractivity contribution in [1.29, 1.82) is 0 Å². The first-order chi connectivity index (χ1) is 8.72. The first kappa shape index (κ1) is 12.0. The molecule has 2 aliphatic rings. The van der Waals surface area contributed by atoms with E-state index in [1.807, 2.05) is 4.90 Å². The lowest BCUT2D eigenvalue weighted by molar-refractivity contribution is 0.182. The summed E-state index contributed by atoms with van der Waals surface area (Å²) < 4.78 is 0. The Morgan fingerprint density at radius 1 is 1.50 bits per heavy atom. The summed E-state index contributed by atoms with van der Waals surface area (Å²) >= 11 is 1.54. The number of carbonyl (C=O) groups is 1. The molecule has 98 valence electrons. The minimum absolute atomic E-state index is 0.0123. The predicted molar refractivity (Wildman–Crippen MR) is 73.1 cm³/mol. The monoisotopic (exact) mass is 265 g/mol. The van der Waals surface area contributed by atoms with Crippen molar-refractivity contribution >= 4 is 22.5 Å². The van der Waals surface area contributed by atoms with Gasteiger partial charge in [0.25, 0.3) is 0 Å². The molecule has 4 nitrogen and oxygen atoms in total. The SMILES string of the molecule is CC1CCCN(C(=O)Nc2nc(C3CC3)cs2)C1. The van der Waals surface area contributed by atoms with Gasteiger partial charge in [-0.2, -0.15) is 0 Å². The number of piperidine rings is 1. The van der Waals surface area contributed by atoms with Crippen LogP contribution in [0.3, 0.4) is 0 Å². The molecule has 1 aromatic heterocycles. The molecule has 2 heterocycles. The maximum absolute atomic E-state index is 12.1. The molecule has 1 saturated carbocycles. The van der Waals surface area contributed by atoms with E-state index >= 15 is 0 Å². The third-order valence-corrected chi connectivity index (χ3v) is 4.45. The summed E-state index contributed by atoms with van der Waals surface area (Å²) in [5.74, 6) is 1.27. The number of thiazole rings is 1. The number of nitrogens with zero attached hydrogens (tertiary/aromatic N) is 2. The largest absolute Gasteiger partial charge is 0.324 e. The summed E-state index contributed by atoms with van der Waals surface area (Å²) in [6, 6.07) is 0.0123. The minimum Gasteiger partial charge on any atom is -0.324 e. The van der Waals surface area contributed by atoms with Gasteiger partial charge in [0.15, 0.2) is 5.13 Å². The molecule has 1 aromatic rings. The van der Waals surface area contributed by atoms with Gasteiger partial charge in [-0.1, -0.05) is 6.92 Å². The number of hydrogen-bond acceptors (Lipinski definition) is 3. The molecule has 1 saturated heterocycles. The summed E-state index contributed by atoms with van der Waals surface area (Å²) in [6.07, 6.45) is 4.84. The van der Waals surface area contributed by atoms with E-state index in [9.17, 15) is 4.79 Å². The van der Waals surface area contributed by atoms with Crippen LogP contribution in [0.25, 0.3) is 0 Å². The molecular weight excluding hydrogens is 246 g/mol. The molecule has 18 heavy (non-hydrogen) atoms. The van der Waals surface area contributed by atoms with Crippen LogP contribution in [0.5, 0.6) is 0 Å². The third-order valence-electron chi connectivity index (χ3n) is 3.68. The van der Waals surface area contributed by atoms with E-state index in [4.69, 9.17) is 0 Å². The highest BCUT2D eigenvalue weighted by Crippen LogP contribution is 2.40. The van der Waals surface area contributed by atoms with Gasteiger partial charge < -0.3 is 4.90 Å². The minimum atomic E-state index is 0.0123. The Kier molecular flexibility index (Phi) is 3.24. The van der Waals surface area contributed by atoms with Crippen LogP contribution in [0.2, 0.25) is 0 Å². The van der Waals surface area contributed by atoms with E-state index in [-0.39, 0.29) is 6.03 Å². The van der Waals surface area contributed by atoms with Crippen molar-refractivity contribution in [3.63, 3.8) is 0 Å². The van der Waals surface area contributed by atoms with Crippen LogP contribution in [-0.4, -0.2) is 29.0 Å². The van der Waals surface area contributed by atoms with Crippen molar-refractivity contribution < 1.29 is 4.79 Å². The number of likely N-dealkylation sites (tertiary alicyclic amines) is 1. The molecule has 0 aromatic carbocycles. The molecule has 2 amide bonds. The molecule has 1 aliphatic heterocycles. The van der Waals surface area contributed by atoms with Gasteiger partial charge in [0.2, 0.25) is 0 Å². The second-order valence-electron chi connectivity index (χ2n) is 5.48. The van der Waals surface area contributed by atoms with Crippen molar-refractivity contribution in [2.45, 2.75) is 38.5 Å². The van der Waals surface area contributed by atoms with Gasteiger partial charge in [-0.05, 0) is 31.6 Å². The van der Waals surface area contributed by atoms with E-state index in [2.05, 4.69) is 22.6 Å². The Labute approximate surface area is 111 Å². The van der Waals surface area contributed by atoms with E-state index in [1.54, 1.807) is 11.3 Å². The van der Waals surface area contributed by atoms with E-state index < -0.39 is 0 Å². The number of aromatic nitrogens is 1. The molecule has 1 unspecified atom stereocenters. The summed E-state index contributed by atoms with van der Waals surface area (Å²) in [5.41, 5.74) is 1.15. The highest BCUT2D eigenvalue weighted by molar-refractivity contribution is 7.13. The summed E-state index contributed by atoms with van der Waals surface area (Å²) in [5, 5.41) is 5.76. The van der Waals surface area contributed by atoms with E-state index in [1.165, 1.54) is 19.3 Å². The van der Waals surface area contributed by atoms with Gasteiger partial charge in [-0.3, -0.25) is 5.32 Å². The number of amides is 2. The summed E-state index contributed by atoms with van der Waals surface area (Å²) in [4.78, 5) is 18.5. The van der Waals surface area contributed by atoms with Crippen molar-refractivity contribution in [3.05, 3.63) is 11.1 Å². The van der Waals surface area contributed by atoms with E-state index in [0.29, 0.717) is 11.8 Å². The molecule has 2 fully saturated rings. The van der Waals surface area contributed by atoms with E-state index in [0.717, 1.165) is 30.3 Å². The zero-order valence-electron chi connectivity index (χ0n) is 10.7. The molecule has 1 aliphatic carbocycles. The molecule has 0 radical (unpaired) electrons. The molecule has 3 rings (SSSR count). The number of nitrogens with one attached hydrogen (secondary N) is 1. The first-order valence-corrected chi connectivity index (χ1v) is 7.61. The number of anilines is 1. The number of carbonyl (C=O) groups excluding carboxylic acids is 1. The standard InChI is InChI=1S/C13H19N3OS/c1-9-3-2-6-16(7-9)13(17)15-12-14-11(8-18-12)10-4-5-10/h8-10H,2-7H2,1H3,(H,14,15,17). The highest BCUT2D eigenvalue weighted by atomic mass is 32.1. The Hall–Kier alpha value is -1.10. The van der Waals surface area contributed by atoms with Crippen LogP contribution in [0.4, 0.5) is 9.93 Å². The molecule has 5 heteroatoms. The van der Waals surface area contributed by atoms with Gasteiger partial charge in [0.1, 0.15) is 0 Å². The van der Waals surface area contributed by atoms with Gasteiger partial charge in [0.05, 0.1) is 5.69 Å². The molecule has 1 atom stereocenters. The summed E-state index contributed by atoms with van der Waals surface area (Å²) in [7, 11) is 0. The predicted octanol–water partition coefficient (Wildman–Crippen LogP) is 3.28. The zero-order valence-corrected chi connectivity index (χ0v) is 11.5. The van der Waals surface area contributed by atoms with Crippen LogP contribution in [-0.2, 0) is 0 Å². The third kappa shape index (κ3) is 2.66. The maximum Gasteiger partial charge on any atom is 0.323 e. The van der Waals surface area contributed by atoms with Gasteiger partial charge in [-0.15, -0.1) is 11.3 Å². The second-order valence-corrected chi connectivity index (χ2v) is 6.33. The molecule has 0 bridgehead atoms. The molecule has 0 spiro atoms. The topological polar surface area (TPSA) is 45.2 Å². The van der Waals surface area contributed by atoms with Crippen LogP contribution in [0.1, 0.15) is 44.2 Å². The lowest BCUT2D eigenvalue weighted by Gasteiger charge is -2.30. The van der Waals surface area contributed by atoms with Gasteiger partial charge >= 0.3 is 6.03 Å². The Bertz CT molecular complexity index is 441. The van der Waals surface area contributed by atoms with Crippen molar-refractivity contribution in [2.24, 2.45) is 5.92 Å². The van der Waals surface area contributed by atoms with Crippen LogP contribution in [0, 0.1) is 5.92 Å². The number of urea groups is 1. The lowest BCUT2D eigenvalue weighted by atomic mass is 10.0. The van der Waals surface area contributed by atoms with Gasteiger partial charge in [-0.25, -0.2) is 9.78 Å². The van der Waals surface area contributed by atoms with Crippen molar-refractivity contribution in [2.75, 3.05) is 18.4 Å². The van der Waals surface area contributed by atoms with Crippen molar-refractivity contribution in [3.8, 4) is 0 Å². The normalized spacial score (nSPS) is 24.1. The quantitative estimate of drug-likeness (QED) is 0.892. The molecule has 1 N–H and O–H groups in total. The lowest BCUT2D eigenvalue weighted by Crippen LogP contribution is -2.41. The molecular formula is C13H19N3OS. The van der Waals surface area contributed by atoms with Crippen LogP contribution < -0.4 is 5.32 Å². The fraction of sp³-hybridized carbons (Fsp3) is 0.692. The fourth-order valence-corrected chi connectivity index (χ4v) is 3.24. The summed E-state index contributed by atoms with van der Waals surface area (Å²) in [6.45, 7) is 3.94. The van der Waals surface area contributed by atoms with Gasteiger partial charge in [0, 0.05) is 24.4 Å². The average Bonchev–Trinajstić information content (AvgIpc) is 3.11. The Balaban J connectivity index is 1.58. The van der Waals surface area contributed by atoms with Crippen LogP contribution in [0.15, 0.2) is 5.38 Å². The Morgan fingerprint density at radius 3 is 3.06 bits per heavy atom. The Morgan fingerprint density at radius 2 is 2.33 bits per heavy atom. The van der Waals surface area contributed by atoms with Crippen molar-refractivity contribution in [1.82, 2.24) is 9.88 Å².